The van der Waals surface area contributed by atoms with Crippen molar-refractivity contribution in [2.24, 2.45) is 0 Å². The first-order valence-corrected chi connectivity index (χ1v) is 5.22. The molecule has 0 radical (unpaired) electrons. The minimum Gasteiger partial charge on any atom is -0.481 e. The number of aliphatic hydroxyl groups excluding tert-OH is 3. The van der Waals surface area contributed by atoms with Crippen molar-refractivity contribution in [2.75, 3.05) is 13.2 Å². The van der Waals surface area contributed by atoms with Gasteiger partial charge in [-0.15, -0.1) is 0 Å². The Kier molecular flexibility index (Phi) is 12.7. The number of carboxylic acid groups (broad SMARTS) is 2. The topological polar surface area (TPSA) is 135 Å². The second-order valence-electron chi connectivity index (χ2n) is 3.21. The number of hydrogen-bond donors (Lipinski definition) is 5. The molecule has 108 valence electrons. The number of carbonyl (C=O) groups is 2. The van der Waals surface area contributed by atoms with Gasteiger partial charge in [-0.2, -0.15) is 0 Å². The van der Waals surface area contributed by atoms with Gasteiger partial charge in [0.1, 0.15) is 6.10 Å². The third-order valence-corrected chi connectivity index (χ3v) is 1.44. The van der Waals surface area contributed by atoms with Crippen LogP contribution >= 0.6 is 0 Å². The molecule has 0 unspecified atom stereocenters. The molecule has 0 spiro atoms. The van der Waals surface area contributed by atoms with Gasteiger partial charge in [0.15, 0.2) is 0 Å². The molecule has 0 amide bonds. The lowest BCUT2D eigenvalue weighted by Crippen LogP contribution is -2.15. The summed E-state index contributed by atoms with van der Waals surface area (Å²) in [5, 5.41) is 39.8. The standard InChI is InChI=1S/C7H6O2.C3H8O3.C2H4O2/c8-7(9)6-4-2-1-3-5-6;4-1-3(6)2-5;1-2(3)4/h1-5H,(H,8,9);3-6H,1-2H2;1H3,(H,3,4). The molecule has 0 saturated heterocycles. The van der Waals surface area contributed by atoms with Gasteiger partial charge in [-0.25, -0.2) is 4.79 Å². The first-order valence-electron chi connectivity index (χ1n) is 5.22. The maximum atomic E-state index is 10.2. The molecular formula is C12H18O7. The zero-order valence-corrected chi connectivity index (χ0v) is 10.4. The van der Waals surface area contributed by atoms with Crippen molar-refractivity contribution in [2.45, 2.75) is 13.0 Å². The molecule has 7 heteroatoms. The highest BCUT2D eigenvalue weighted by molar-refractivity contribution is 5.87. The van der Waals surface area contributed by atoms with Crippen molar-refractivity contribution in [3.63, 3.8) is 0 Å². The molecule has 0 atom stereocenters. The van der Waals surface area contributed by atoms with E-state index in [2.05, 4.69) is 0 Å². The van der Waals surface area contributed by atoms with Crippen molar-refractivity contribution in [3.8, 4) is 0 Å². The number of hydrogen-bond acceptors (Lipinski definition) is 5. The highest BCUT2D eigenvalue weighted by Crippen LogP contribution is 1.96. The summed E-state index contributed by atoms with van der Waals surface area (Å²) in [6.45, 7) is 0.354. The molecular weight excluding hydrogens is 256 g/mol. The molecule has 0 saturated carbocycles. The van der Waals surface area contributed by atoms with E-state index in [9.17, 15) is 4.79 Å². The molecule has 1 rings (SSSR count). The fraction of sp³-hybridized carbons (Fsp3) is 0.333. The van der Waals surface area contributed by atoms with Crippen molar-refractivity contribution in [1.82, 2.24) is 0 Å². The minimum atomic E-state index is -0.954. The Bertz CT molecular complexity index is 342. The van der Waals surface area contributed by atoms with Crippen LogP contribution in [0.1, 0.15) is 17.3 Å². The number of aromatic carboxylic acids is 1. The molecule has 0 aromatic heterocycles. The van der Waals surface area contributed by atoms with E-state index in [0.29, 0.717) is 5.56 Å². The molecule has 19 heavy (non-hydrogen) atoms. The largest absolute Gasteiger partial charge is 0.481 e. The predicted molar refractivity (Wildman–Crippen MR) is 66.9 cm³/mol. The highest BCUT2D eigenvalue weighted by atomic mass is 16.4. The third kappa shape index (κ3) is 16.0. The molecule has 0 bridgehead atoms. The van der Waals surface area contributed by atoms with Gasteiger partial charge >= 0.3 is 5.97 Å². The van der Waals surface area contributed by atoms with Crippen LogP contribution in [-0.4, -0.2) is 56.8 Å². The van der Waals surface area contributed by atoms with E-state index in [-0.39, 0.29) is 13.2 Å². The van der Waals surface area contributed by atoms with Crippen LogP contribution in [0.3, 0.4) is 0 Å². The number of carboxylic acids is 2. The Morgan fingerprint density at radius 2 is 1.42 bits per heavy atom. The lowest BCUT2D eigenvalue weighted by molar-refractivity contribution is -0.134. The Morgan fingerprint density at radius 1 is 1.05 bits per heavy atom. The van der Waals surface area contributed by atoms with Crippen LogP contribution in [0.25, 0.3) is 0 Å². The normalized spacial score (nSPS) is 8.68. The quantitative estimate of drug-likeness (QED) is 0.515. The van der Waals surface area contributed by atoms with E-state index in [1.807, 2.05) is 0 Å². The second-order valence-corrected chi connectivity index (χ2v) is 3.21. The van der Waals surface area contributed by atoms with Gasteiger partial charge in [0.05, 0.1) is 18.8 Å². The van der Waals surface area contributed by atoms with Crippen molar-refractivity contribution in [3.05, 3.63) is 35.9 Å². The van der Waals surface area contributed by atoms with Gasteiger partial charge in [-0.05, 0) is 12.1 Å². The molecule has 0 fully saturated rings. The van der Waals surface area contributed by atoms with Gasteiger partial charge in [0, 0.05) is 6.92 Å². The summed E-state index contributed by atoms with van der Waals surface area (Å²) < 4.78 is 0. The van der Waals surface area contributed by atoms with Crippen molar-refractivity contribution < 1.29 is 35.1 Å². The van der Waals surface area contributed by atoms with Crippen LogP contribution in [0.15, 0.2) is 30.3 Å². The maximum Gasteiger partial charge on any atom is 0.335 e. The van der Waals surface area contributed by atoms with Gasteiger partial charge in [0.25, 0.3) is 5.97 Å². The van der Waals surface area contributed by atoms with E-state index in [0.717, 1.165) is 6.92 Å². The maximum absolute atomic E-state index is 10.2. The first kappa shape index (κ1) is 19.4. The van der Waals surface area contributed by atoms with Crippen LogP contribution in [0.5, 0.6) is 0 Å². The molecule has 1 aromatic carbocycles. The summed E-state index contributed by atoms with van der Waals surface area (Å²) >= 11 is 0. The predicted octanol–water partition coefficient (Wildman–Crippen LogP) is -0.192. The van der Waals surface area contributed by atoms with Crippen molar-refractivity contribution >= 4 is 11.9 Å². The summed E-state index contributed by atoms with van der Waals surface area (Å²) in [5.41, 5.74) is 0.331. The highest BCUT2D eigenvalue weighted by Gasteiger charge is 1.96. The molecule has 0 heterocycles. The van der Waals surface area contributed by atoms with Crippen LogP contribution in [0, 0.1) is 0 Å². The number of aliphatic hydroxyl groups is 3. The molecule has 1 aromatic rings. The summed E-state index contributed by atoms with van der Waals surface area (Å²) in [4.78, 5) is 19.2. The Balaban J connectivity index is 0. The monoisotopic (exact) mass is 274 g/mol. The minimum absolute atomic E-state index is 0.331. The van der Waals surface area contributed by atoms with Crippen LogP contribution < -0.4 is 0 Å². The summed E-state index contributed by atoms with van der Waals surface area (Å²) in [5.74, 6) is -1.71. The summed E-state index contributed by atoms with van der Waals surface area (Å²) in [7, 11) is 0. The lowest BCUT2D eigenvalue weighted by atomic mass is 10.2. The number of rotatable bonds is 3. The van der Waals surface area contributed by atoms with E-state index >= 15 is 0 Å². The fourth-order valence-corrected chi connectivity index (χ4v) is 0.638. The zero-order valence-electron chi connectivity index (χ0n) is 10.4. The molecule has 0 aliphatic heterocycles. The van der Waals surface area contributed by atoms with Gasteiger partial charge in [-0.3, -0.25) is 4.79 Å². The molecule has 0 aliphatic rings. The van der Waals surface area contributed by atoms with Crippen LogP contribution in [0.2, 0.25) is 0 Å². The van der Waals surface area contributed by atoms with Gasteiger partial charge in [0.2, 0.25) is 0 Å². The molecule has 5 N–H and O–H groups in total. The second kappa shape index (κ2) is 12.5. The van der Waals surface area contributed by atoms with E-state index < -0.39 is 18.0 Å². The molecule has 0 aliphatic carbocycles. The van der Waals surface area contributed by atoms with E-state index in [4.69, 9.17) is 30.3 Å². The average Bonchev–Trinajstić information content (AvgIpc) is 2.39. The smallest absolute Gasteiger partial charge is 0.335 e. The number of aliphatic carboxylic acids is 1. The first-order chi connectivity index (χ1) is 8.84. The van der Waals surface area contributed by atoms with E-state index in [1.54, 1.807) is 30.3 Å². The fourth-order valence-electron chi connectivity index (χ4n) is 0.638. The van der Waals surface area contributed by atoms with Crippen LogP contribution in [0.4, 0.5) is 0 Å². The van der Waals surface area contributed by atoms with Crippen molar-refractivity contribution in [1.29, 1.82) is 0 Å². The lowest BCUT2D eigenvalue weighted by Gasteiger charge is -1.96. The summed E-state index contributed by atoms with van der Waals surface area (Å²) in [6.07, 6.45) is -0.954. The average molecular weight is 274 g/mol. The van der Waals surface area contributed by atoms with Crippen LogP contribution in [-0.2, 0) is 4.79 Å². The van der Waals surface area contributed by atoms with E-state index in [1.165, 1.54) is 0 Å². The third-order valence-electron chi connectivity index (χ3n) is 1.44. The summed E-state index contributed by atoms with van der Waals surface area (Å²) in [6, 6.07) is 8.30. The Labute approximate surface area is 110 Å². The Morgan fingerprint density at radius 3 is 1.58 bits per heavy atom. The Hall–Kier alpha value is -1.96. The van der Waals surface area contributed by atoms with Gasteiger partial charge in [-0.1, -0.05) is 18.2 Å². The SMILES string of the molecule is CC(=O)O.O=C(O)c1ccccc1.OCC(O)CO. The molecule has 7 nitrogen and oxygen atoms in total. The number of benzene rings is 1. The zero-order chi connectivity index (χ0) is 15.3. The van der Waals surface area contributed by atoms with Gasteiger partial charge < -0.3 is 25.5 Å².